The van der Waals surface area contributed by atoms with Crippen molar-refractivity contribution in [2.45, 2.75) is 25.8 Å². The second-order valence-corrected chi connectivity index (χ2v) is 4.13. The summed E-state index contributed by atoms with van der Waals surface area (Å²) >= 11 is 5.87. The third kappa shape index (κ3) is 2.61. The molecular weight excluding hydrogens is 252 g/mol. The van der Waals surface area contributed by atoms with Gasteiger partial charge in [-0.05, 0) is 19.1 Å². The molecule has 5 nitrogen and oxygen atoms in total. The molecule has 2 aromatic heterocycles. The van der Waals surface area contributed by atoms with Crippen LogP contribution in [0.15, 0.2) is 18.3 Å². The van der Waals surface area contributed by atoms with Gasteiger partial charge < -0.3 is 9.88 Å². The summed E-state index contributed by atoms with van der Waals surface area (Å²) in [5.74, 6) is 1.08. The third-order valence-electron chi connectivity index (χ3n) is 2.64. The predicted octanol–water partition coefficient (Wildman–Crippen LogP) is 1.70. The Morgan fingerprint density at radius 2 is 2.39 bits per heavy atom. The van der Waals surface area contributed by atoms with Gasteiger partial charge in [-0.2, -0.15) is 0 Å². The van der Waals surface area contributed by atoms with Crippen LogP contribution < -0.4 is 5.32 Å². The highest BCUT2D eigenvalue weighted by molar-refractivity contribution is 6.16. The first-order chi connectivity index (χ1) is 8.76. The fourth-order valence-electron chi connectivity index (χ4n) is 1.84. The average molecular weight is 267 g/mol. The molecule has 0 fully saturated rings. The van der Waals surface area contributed by atoms with Crippen molar-refractivity contribution in [3.05, 3.63) is 24.2 Å². The molecule has 0 aliphatic heterocycles. The van der Waals surface area contributed by atoms with E-state index in [4.69, 9.17) is 11.6 Å². The van der Waals surface area contributed by atoms with Crippen molar-refractivity contribution in [1.82, 2.24) is 19.9 Å². The Morgan fingerprint density at radius 1 is 1.56 bits per heavy atom. The van der Waals surface area contributed by atoms with Gasteiger partial charge in [0.15, 0.2) is 5.65 Å². The van der Waals surface area contributed by atoms with E-state index in [1.165, 1.54) is 0 Å². The molecule has 0 spiro atoms. The van der Waals surface area contributed by atoms with Crippen LogP contribution in [-0.4, -0.2) is 27.0 Å². The van der Waals surface area contributed by atoms with Gasteiger partial charge in [0.25, 0.3) is 0 Å². The number of fused-ring (bicyclic) bond motifs is 1. The maximum Gasteiger partial charge on any atom is 0.221 e. The fourth-order valence-corrected chi connectivity index (χ4v) is 2.05. The molecule has 96 valence electrons. The molecule has 1 amide bonds. The molecule has 1 N–H and O–H groups in total. The van der Waals surface area contributed by atoms with Gasteiger partial charge in [0.1, 0.15) is 11.3 Å². The molecule has 0 aliphatic rings. The van der Waals surface area contributed by atoms with E-state index >= 15 is 0 Å². The summed E-state index contributed by atoms with van der Waals surface area (Å²) in [7, 11) is 0. The number of imidazole rings is 1. The van der Waals surface area contributed by atoms with Crippen LogP contribution in [0.2, 0.25) is 0 Å². The molecule has 2 rings (SSSR count). The number of carbonyl (C=O) groups excluding carboxylic acids is 1. The Bertz CT molecular complexity index is 552. The Kier molecular flexibility index (Phi) is 4.15. The van der Waals surface area contributed by atoms with Crippen molar-refractivity contribution in [1.29, 1.82) is 0 Å². The van der Waals surface area contributed by atoms with Crippen LogP contribution in [0.1, 0.15) is 19.2 Å². The third-order valence-corrected chi connectivity index (χ3v) is 2.88. The van der Waals surface area contributed by atoms with Crippen molar-refractivity contribution >= 4 is 28.7 Å². The minimum atomic E-state index is 0.0239. The number of hydrogen-bond donors (Lipinski definition) is 1. The molecule has 0 aliphatic carbocycles. The van der Waals surface area contributed by atoms with Crippen LogP contribution in [0, 0.1) is 0 Å². The van der Waals surface area contributed by atoms with Gasteiger partial charge in [-0.3, -0.25) is 4.79 Å². The van der Waals surface area contributed by atoms with Crippen LogP contribution in [-0.2, 0) is 17.2 Å². The largest absolute Gasteiger partial charge is 0.356 e. The second kappa shape index (κ2) is 5.82. The molecule has 0 saturated carbocycles. The van der Waals surface area contributed by atoms with Gasteiger partial charge >= 0.3 is 0 Å². The standard InChI is InChI=1S/C12H15ClN4O/c1-2-14-11(18)5-7-17-10(8-13)16-9-4-3-6-15-12(9)17/h3-4,6H,2,5,7-8H2,1H3,(H,14,18). The second-order valence-electron chi connectivity index (χ2n) is 3.86. The number of rotatable bonds is 5. The molecule has 2 aromatic rings. The molecule has 0 bridgehead atoms. The molecule has 0 radical (unpaired) electrons. The normalized spacial score (nSPS) is 10.8. The van der Waals surface area contributed by atoms with Gasteiger partial charge in [0.05, 0.1) is 5.88 Å². The Hall–Kier alpha value is -1.62. The summed E-state index contributed by atoms with van der Waals surface area (Å²) in [6, 6.07) is 3.72. The summed E-state index contributed by atoms with van der Waals surface area (Å²) in [4.78, 5) is 20.2. The number of hydrogen-bond acceptors (Lipinski definition) is 3. The SMILES string of the molecule is CCNC(=O)CCn1c(CCl)nc2cccnc21. The number of nitrogens with one attached hydrogen (secondary N) is 1. The summed E-state index contributed by atoms with van der Waals surface area (Å²) in [5.41, 5.74) is 1.58. The molecule has 0 aromatic carbocycles. The van der Waals surface area contributed by atoms with E-state index < -0.39 is 0 Å². The van der Waals surface area contributed by atoms with Crippen molar-refractivity contribution < 1.29 is 4.79 Å². The van der Waals surface area contributed by atoms with E-state index in [9.17, 15) is 4.79 Å². The molecule has 0 atom stereocenters. The van der Waals surface area contributed by atoms with Crippen LogP contribution in [0.5, 0.6) is 0 Å². The van der Waals surface area contributed by atoms with Gasteiger partial charge in [-0.15, -0.1) is 11.6 Å². The zero-order chi connectivity index (χ0) is 13.0. The Labute approximate surface area is 110 Å². The number of amides is 1. The van der Waals surface area contributed by atoms with Crippen LogP contribution in [0.25, 0.3) is 11.2 Å². The molecule has 2 heterocycles. The quantitative estimate of drug-likeness (QED) is 0.838. The Balaban J connectivity index is 2.23. The predicted molar refractivity (Wildman–Crippen MR) is 70.4 cm³/mol. The number of aryl methyl sites for hydroxylation is 1. The van der Waals surface area contributed by atoms with E-state index in [1.807, 2.05) is 23.6 Å². The minimum Gasteiger partial charge on any atom is -0.356 e. The number of halogens is 1. The zero-order valence-electron chi connectivity index (χ0n) is 10.2. The molecule has 0 saturated heterocycles. The van der Waals surface area contributed by atoms with E-state index in [0.29, 0.717) is 25.4 Å². The first kappa shape index (κ1) is 12.8. The summed E-state index contributed by atoms with van der Waals surface area (Å²) in [6.07, 6.45) is 2.12. The van der Waals surface area contributed by atoms with E-state index in [-0.39, 0.29) is 5.91 Å². The van der Waals surface area contributed by atoms with Crippen molar-refractivity contribution in [2.75, 3.05) is 6.54 Å². The smallest absolute Gasteiger partial charge is 0.221 e. The Morgan fingerprint density at radius 3 is 3.11 bits per heavy atom. The maximum atomic E-state index is 11.5. The van der Waals surface area contributed by atoms with Crippen LogP contribution >= 0.6 is 11.6 Å². The summed E-state index contributed by atoms with van der Waals surface area (Å²) in [5, 5.41) is 2.77. The van der Waals surface area contributed by atoms with Crippen LogP contribution in [0.3, 0.4) is 0 Å². The average Bonchev–Trinajstić information content (AvgIpc) is 2.74. The number of alkyl halides is 1. The first-order valence-electron chi connectivity index (χ1n) is 5.89. The van der Waals surface area contributed by atoms with E-state index in [1.54, 1.807) is 6.20 Å². The lowest BCUT2D eigenvalue weighted by Crippen LogP contribution is -2.24. The highest BCUT2D eigenvalue weighted by Gasteiger charge is 2.11. The topological polar surface area (TPSA) is 59.8 Å². The molecule has 6 heteroatoms. The molecule has 0 unspecified atom stereocenters. The van der Waals surface area contributed by atoms with Gasteiger partial charge in [-0.1, -0.05) is 0 Å². The van der Waals surface area contributed by atoms with E-state index in [2.05, 4.69) is 15.3 Å². The lowest BCUT2D eigenvalue weighted by atomic mass is 10.3. The van der Waals surface area contributed by atoms with Crippen molar-refractivity contribution in [3.63, 3.8) is 0 Å². The highest BCUT2D eigenvalue weighted by Crippen LogP contribution is 2.15. The van der Waals surface area contributed by atoms with Crippen molar-refractivity contribution in [3.8, 4) is 0 Å². The number of nitrogens with zero attached hydrogens (tertiary/aromatic N) is 3. The molecule has 18 heavy (non-hydrogen) atoms. The number of carbonyl (C=O) groups is 1. The van der Waals surface area contributed by atoms with Crippen molar-refractivity contribution in [2.24, 2.45) is 0 Å². The summed E-state index contributed by atoms with van der Waals surface area (Å²) in [6.45, 7) is 3.09. The zero-order valence-corrected chi connectivity index (χ0v) is 10.9. The van der Waals surface area contributed by atoms with Crippen LogP contribution in [0.4, 0.5) is 0 Å². The fraction of sp³-hybridized carbons (Fsp3) is 0.417. The first-order valence-corrected chi connectivity index (χ1v) is 6.42. The number of aromatic nitrogens is 3. The monoisotopic (exact) mass is 266 g/mol. The minimum absolute atomic E-state index is 0.0239. The number of pyridine rings is 1. The lowest BCUT2D eigenvalue weighted by Gasteiger charge is -2.06. The highest BCUT2D eigenvalue weighted by atomic mass is 35.5. The van der Waals surface area contributed by atoms with Gasteiger partial charge in [0, 0.05) is 25.7 Å². The lowest BCUT2D eigenvalue weighted by molar-refractivity contribution is -0.121. The maximum absolute atomic E-state index is 11.5. The van der Waals surface area contributed by atoms with E-state index in [0.717, 1.165) is 17.0 Å². The summed E-state index contributed by atoms with van der Waals surface area (Å²) < 4.78 is 1.90. The van der Waals surface area contributed by atoms with Gasteiger partial charge in [0.2, 0.25) is 5.91 Å². The molecular formula is C12H15ClN4O. The van der Waals surface area contributed by atoms with Gasteiger partial charge in [-0.25, -0.2) is 9.97 Å².